The molecule has 0 saturated heterocycles. The molecule has 0 bridgehead atoms. The van der Waals surface area contributed by atoms with Gasteiger partial charge in [-0.15, -0.1) is 0 Å². The minimum Gasteiger partial charge on any atom is -0.480 e. The van der Waals surface area contributed by atoms with Gasteiger partial charge in [-0.25, -0.2) is 9.37 Å². The fourth-order valence-corrected chi connectivity index (χ4v) is 2.36. The van der Waals surface area contributed by atoms with Crippen molar-refractivity contribution in [3.63, 3.8) is 0 Å². The van der Waals surface area contributed by atoms with Crippen molar-refractivity contribution in [1.29, 1.82) is 0 Å². The van der Waals surface area contributed by atoms with E-state index in [-0.39, 0.29) is 5.82 Å². The van der Waals surface area contributed by atoms with E-state index in [4.69, 9.17) is 4.74 Å². The second-order valence-corrected chi connectivity index (χ2v) is 5.02. The van der Waals surface area contributed by atoms with Crippen LogP contribution >= 0.6 is 15.9 Å². The predicted octanol–water partition coefficient (Wildman–Crippen LogP) is 3.09. The third-order valence-electron chi connectivity index (χ3n) is 2.84. The maximum absolute atomic E-state index is 14.1. The molecule has 106 valence electrons. The van der Waals surface area contributed by atoms with Gasteiger partial charge in [0.15, 0.2) is 0 Å². The van der Waals surface area contributed by atoms with Crippen LogP contribution in [0.5, 0.6) is 5.88 Å². The Labute approximate surface area is 125 Å². The summed E-state index contributed by atoms with van der Waals surface area (Å²) in [7, 11) is 1.52. The van der Waals surface area contributed by atoms with E-state index in [2.05, 4.69) is 31.2 Å². The van der Waals surface area contributed by atoms with Gasteiger partial charge in [0, 0.05) is 22.4 Å². The Kier molecular flexibility index (Phi) is 5.03. The number of rotatable bonds is 5. The first-order chi connectivity index (χ1) is 9.67. The van der Waals surface area contributed by atoms with Crippen LogP contribution in [0.2, 0.25) is 0 Å². The molecule has 0 aliphatic rings. The molecule has 0 amide bonds. The Morgan fingerprint density at radius 2 is 2.10 bits per heavy atom. The number of benzene rings is 1. The lowest BCUT2D eigenvalue weighted by Gasteiger charge is -2.20. The Bertz CT molecular complexity index is 594. The lowest BCUT2D eigenvalue weighted by molar-refractivity contribution is 0.382. The van der Waals surface area contributed by atoms with E-state index in [1.54, 1.807) is 24.5 Å². The third-order valence-corrected chi connectivity index (χ3v) is 3.33. The Hall–Kier alpha value is -1.53. The van der Waals surface area contributed by atoms with Gasteiger partial charge in [-0.05, 0) is 24.7 Å². The predicted molar refractivity (Wildman–Crippen MR) is 78.2 cm³/mol. The summed E-state index contributed by atoms with van der Waals surface area (Å²) < 4.78 is 20.1. The van der Waals surface area contributed by atoms with Crippen LogP contribution in [0.1, 0.15) is 24.2 Å². The molecule has 2 aromatic rings. The molecule has 6 heteroatoms. The van der Waals surface area contributed by atoms with Crippen molar-refractivity contribution in [2.24, 2.45) is 0 Å². The van der Waals surface area contributed by atoms with Crippen LogP contribution in [0.25, 0.3) is 0 Å². The third kappa shape index (κ3) is 3.13. The van der Waals surface area contributed by atoms with Crippen molar-refractivity contribution in [1.82, 2.24) is 15.3 Å². The molecule has 1 aromatic carbocycles. The van der Waals surface area contributed by atoms with Gasteiger partial charge in [-0.3, -0.25) is 4.98 Å². The highest BCUT2D eigenvalue weighted by molar-refractivity contribution is 9.10. The molecule has 20 heavy (non-hydrogen) atoms. The summed E-state index contributed by atoms with van der Waals surface area (Å²) in [6.07, 6.45) is 3.11. The van der Waals surface area contributed by atoms with Crippen LogP contribution in [0.15, 0.2) is 35.1 Å². The standard InChI is InChI=1S/C14H15BrFN3O/c1-3-17-12(10-8-9(15)4-5-11(10)16)13-14(20-2)19-7-6-18-13/h4-8,12,17H,3H2,1-2H3. The molecule has 0 fully saturated rings. The van der Waals surface area contributed by atoms with Gasteiger partial charge in [0.1, 0.15) is 11.5 Å². The van der Waals surface area contributed by atoms with E-state index >= 15 is 0 Å². The second kappa shape index (κ2) is 6.76. The van der Waals surface area contributed by atoms with Crippen molar-refractivity contribution in [2.75, 3.05) is 13.7 Å². The normalized spacial score (nSPS) is 12.2. The molecule has 1 heterocycles. The van der Waals surface area contributed by atoms with E-state index in [0.29, 0.717) is 23.7 Å². The summed E-state index contributed by atoms with van der Waals surface area (Å²) in [6, 6.07) is 4.40. The number of hydrogen-bond donors (Lipinski definition) is 1. The zero-order valence-corrected chi connectivity index (χ0v) is 12.8. The lowest BCUT2D eigenvalue weighted by atomic mass is 10.0. The van der Waals surface area contributed by atoms with E-state index in [1.165, 1.54) is 13.2 Å². The molecule has 0 spiro atoms. The molecule has 1 atom stereocenters. The summed E-state index contributed by atoms with van der Waals surface area (Å²) in [4.78, 5) is 8.40. The first kappa shape index (κ1) is 14.9. The van der Waals surface area contributed by atoms with Crippen LogP contribution in [0.3, 0.4) is 0 Å². The van der Waals surface area contributed by atoms with E-state index in [9.17, 15) is 4.39 Å². The van der Waals surface area contributed by atoms with Crippen molar-refractivity contribution in [2.45, 2.75) is 13.0 Å². The summed E-state index contributed by atoms with van der Waals surface area (Å²) >= 11 is 3.36. The van der Waals surface area contributed by atoms with Crippen LogP contribution in [0.4, 0.5) is 4.39 Å². The molecule has 0 aliphatic heterocycles. The molecule has 2 rings (SSSR count). The van der Waals surface area contributed by atoms with Gasteiger partial charge in [-0.1, -0.05) is 22.9 Å². The van der Waals surface area contributed by atoms with Crippen LogP contribution in [-0.2, 0) is 0 Å². The molecule has 4 nitrogen and oxygen atoms in total. The highest BCUT2D eigenvalue weighted by atomic mass is 79.9. The molecular formula is C14H15BrFN3O. The molecule has 0 saturated carbocycles. The Morgan fingerprint density at radius 1 is 1.35 bits per heavy atom. The van der Waals surface area contributed by atoms with Gasteiger partial charge in [0.25, 0.3) is 0 Å². The van der Waals surface area contributed by atoms with E-state index in [1.807, 2.05) is 6.92 Å². The average Bonchev–Trinajstić information content (AvgIpc) is 2.47. The smallest absolute Gasteiger partial charge is 0.237 e. The molecule has 1 unspecified atom stereocenters. The van der Waals surface area contributed by atoms with Crippen molar-refractivity contribution < 1.29 is 9.13 Å². The molecule has 0 aliphatic carbocycles. The number of nitrogens with one attached hydrogen (secondary N) is 1. The minimum atomic E-state index is -0.416. The van der Waals surface area contributed by atoms with Gasteiger partial charge < -0.3 is 10.1 Å². The fourth-order valence-electron chi connectivity index (χ4n) is 1.99. The maximum atomic E-state index is 14.1. The van der Waals surface area contributed by atoms with Crippen LogP contribution in [-0.4, -0.2) is 23.6 Å². The highest BCUT2D eigenvalue weighted by Gasteiger charge is 2.22. The number of aromatic nitrogens is 2. The Morgan fingerprint density at radius 3 is 2.80 bits per heavy atom. The van der Waals surface area contributed by atoms with Crippen molar-refractivity contribution >= 4 is 15.9 Å². The number of halogens is 2. The molecule has 1 N–H and O–H groups in total. The topological polar surface area (TPSA) is 47.0 Å². The number of nitrogens with zero attached hydrogens (tertiary/aromatic N) is 2. The summed E-state index contributed by atoms with van der Waals surface area (Å²) in [5.74, 6) is 0.0877. The van der Waals surface area contributed by atoms with Crippen molar-refractivity contribution in [3.05, 3.63) is 52.1 Å². The highest BCUT2D eigenvalue weighted by Crippen LogP contribution is 2.29. The quantitative estimate of drug-likeness (QED) is 0.909. The SMILES string of the molecule is CCNC(c1cc(Br)ccc1F)c1nccnc1OC. The first-order valence-corrected chi connectivity index (χ1v) is 6.99. The van der Waals surface area contributed by atoms with E-state index in [0.717, 1.165) is 4.47 Å². The first-order valence-electron chi connectivity index (χ1n) is 6.20. The number of methoxy groups -OCH3 is 1. The van der Waals surface area contributed by atoms with Crippen LogP contribution < -0.4 is 10.1 Å². The monoisotopic (exact) mass is 339 g/mol. The minimum absolute atomic E-state index is 0.299. The second-order valence-electron chi connectivity index (χ2n) is 4.11. The maximum Gasteiger partial charge on any atom is 0.237 e. The number of hydrogen-bond acceptors (Lipinski definition) is 4. The summed E-state index contributed by atoms with van der Waals surface area (Å²) in [6.45, 7) is 2.61. The van der Waals surface area contributed by atoms with Gasteiger partial charge >= 0.3 is 0 Å². The molecule has 0 radical (unpaired) electrons. The summed E-state index contributed by atoms with van der Waals surface area (Å²) in [5, 5.41) is 3.21. The average molecular weight is 340 g/mol. The van der Waals surface area contributed by atoms with Crippen LogP contribution in [0, 0.1) is 5.82 Å². The fraction of sp³-hybridized carbons (Fsp3) is 0.286. The molecule has 1 aromatic heterocycles. The van der Waals surface area contributed by atoms with E-state index < -0.39 is 6.04 Å². The van der Waals surface area contributed by atoms with Crippen molar-refractivity contribution in [3.8, 4) is 5.88 Å². The number of ether oxygens (including phenoxy) is 1. The van der Waals surface area contributed by atoms with Gasteiger partial charge in [0.2, 0.25) is 5.88 Å². The summed E-state index contributed by atoms with van der Waals surface area (Å²) in [5.41, 5.74) is 1.06. The lowest BCUT2D eigenvalue weighted by Crippen LogP contribution is -2.24. The largest absolute Gasteiger partial charge is 0.480 e. The zero-order valence-electron chi connectivity index (χ0n) is 11.2. The van der Waals surface area contributed by atoms with Gasteiger partial charge in [-0.2, -0.15) is 0 Å². The molecular weight excluding hydrogens is 325 g/mol. The zero-order chi connectivity index (χ0) is 14.5. The van der Waals surface area contributed by atoms with Gasteiger partial charge in [0.05, 0.1) is 13.2 Å². The Balaban J connectivity index is 2.53.